The molecule has 3 rings (SSSR count). The zero-order chi connectivity index (χ0) is 14.2. The van der Waals surface area contributed by atoms with Crippen molar-refractivity contribution < 1.29 is 50.7 Å². The van der Waals surface area contributed by atoms with Crippen LogP contribution in [0.2, 0.25) is 13.1 Å². The first-order valence-corrected chi connectivity index (χ1v) is 10.8. The minimum Gasteiger partial charge on any atom is -1.00 e. The number of allylic oxidation sites excluding steroid dienone is 5. The standard InChI is InChI=1S/C19H23Si.2ClH.Hf/c1-4-8-16-10-7-12-18(16)20(2,3)19-14-13-15-9-5-6-11-17(15)19;;;/h5-6,9-11,13-14,19H,4,7-8H2,1-3H3;2*1H;/q-1;;;/p-2. The van der Waals surface area contributed by atoms with Crippen LogP contribution in [0.15, 0.2) is 47.2 Å². The van der Waals surface area contributed by atoms with Gasteiger partial charge >= 0.3 is 0 Å². The van der Waals surface area contributed by atoms with Gasteiger partial charge in [-0.05, 0) is 16.7 Å². The van der Waals surface area contributed by atoms with Crippen LogP contribution in [0.1, 0.15) is 42.9 Å². The fourth-order valence-electron chi connectivity index (χ4n) is 3.66. The fraction of sp³-hybridized carbons (Fsp3) is 0.368. The normalized spacial score (nSPS) is 18.1. The molecule has 0 radical (unpaired) electrons. The van der Waals surface area contributed by atoms with Gasteiger partial charge in [-0.3, -0.25) is 6.08 Å². The van der Waals surface area contributed by atoms with Gasteiger partial charge in [-0.25, -0.2) is 10.8 Å². The summed E-state index contributed by atoms with van der Waals surface area (Å²) in [7, 11) is -1.54. The summed E-state index contributed by atoms with van der Waals surface area (Å²) in [6, 6.07) is 8.88. The molecule has 1 aromatic carbocycles. The van der Waals surface area contributed by atoms with Crippen LogP contribution in [0.5, 0.6) is 0 Å². The maximum atomic E-state index is 3.69. The van der Waals surface area contributed by atoms with Gasteiger partial charge in [0.2, 0.25) is 0 Å². The van der Waals surface area contributed by atoms with Crippen molar-refractivity contribution in [2.24, 2.45) is 0 Å². The summed E-state index contributed by atoms with van der Waals surface area (Å²) in [5, 5.41) is 1.59. The molecule has 4 heteroatoms. The molecular formula is C19H23Cl2HfSi-3. The topological polar surface area (TPSA) is 0 Å². The average molecular weight is 529 g/mol. The Labute approximate surface area is 173 Å². The van der Waals surface area contributed by atoms with E-state index in [0.29, 0.717) is 5.54 Å². The molecule has 2 aliphatic rings. The van der Waals surface area contributed by atoms with Crippen LogP contribution in [-0.4, -0.2) is 8.07 Å². The van der Waals surface area contributed by atoms with Crippen molar-refractivity contribution in [3.8, 4) is 0 Å². The minimum atomic E-state index is -1.54. The average Bonchev–Trinajstić information content (AvgIpc) is 3.05. The van der Waals surface area contributed by atoms with E-state index in [0.717, 1.165) is 6.42 Å². The molecule has 0 heterocycles. The second-order valence-corrected chi connectivity index (χ2v) is 11.0. The summed E-state index contributed by atoms with van der Waals surface area (Å²) >= 11 is 0. The zero-order valence-corrected chi connectivity index (χ0v) is 20.1. The maximum Gasteiger partial charge on any atom is 0.0549 e. The van der Waals surface area contributed by atoms with E-state index in [1.807, 2.05) is 0 Å². The number of fused-ring (bicyclic) bond motifs is 1. The van der Waals surface area contributed by atoms with Crippen molar-refractivity contribution in [3.05, 3.63) is 64.4 Å². The van der Waals surface area contributed by atoms with Gasteiger partial charge in [-0.15, -0.1) is 6.42 Å². The fourth-order valence-corrected chi connectivity index (χ4v) is 7.21. The van der Waals surface area contributed by atoms with Crippen molar-refractivity contribution in [1.82, 2.24) is 0 Å². The van der Waals surface area contributed by atoms with Crippen molar-refractivity contribution in [2.75, 3.05) is 0 Å². The second-order valence-electron chi connectivity index (χ2n) is 6.42. The number of hydrogen-bond acceptors (Lipinski definition) is 0. The SMILES string of the molecule is CCCC1=CC[C-]=C1[Si](C)(C)C1C=Cc2ccccc21.[Cl-].[Cl-].[Hf]. The summed E-state index contributed by atoms with van der Waals surface area (Å²) in [6.45, 7) is 7.30. The summed E-state index contributed by atoms with van der Waals surface area (Å²) < 4.78 is 0. The zero-order valence-electron chi connectivity index (χ0n) is 14.0. The number of rotatable bonds is 4. The Morgan fingerprint density at radius 3 is 2.57 bits per heavy atom. The molecule has 0 N–H and O–H groups in total. The monoisotopic (exact) mass is 529 g/mol. The molecular weight excluding hydrogens is 506 g/mol. The van der Waals surface area contributed by atoms with Gasteiger partial charge in [-0.1, -0.05) is 69.3 Å². The Bertz CT molecular complexity index is 618. The van der Waals surface area contributed by atoms with Gasteiger partial charge in [0.05, 0.1) is 8.07 Å². The van der Waals surface area contributed by atoms with Gasteiger partial charge in [0.25, 0.3) is 0 Å². The van der Waals surface area contributed by atoms with Crippen LogP contribution in [0, 0.1) is 6.08 Å². The Morgan fingerprint density at radius 2 is 1.87 bits per heavy atom. The molecule has 0 spiro atoms. The molecule has 0 saturated heterocycles. The molecule has 0 nitrogen and oxygen atoms in total. The van der Waals surface area contributed by atoms with E-state index in [1.54, 1.807) is 10.8 Å². The third kappa shape index (κ3) is 4.39. The first-order chi connectivity index (χ1) is 9.64. The number of halogens is 2. The number of hydrogen-bond donors (Lipinski definition) is 0. The van der Waals surface area contributed by atoms with Gasteiger partial charge in [-0.2, -0.15) is 6.08 Å². The van der Waals surface area contributed by atoms with Crippen LogP contribution >= 0.6 is 0 Å². The molecule has 0 aliphatic heterocycles. The first-order valence-electron chi connectivity index (χ1n) is 7.72. The maximum absolute atomic E-state index is 3.69. The van der Waals surface area contributed by atoms with Crippen LogP contribution in [0.4, 0.5) is 0 Å². The van der Waals surface area contributed by atoms with E-state index >= 15 is 0 Å². The largest absolute Gasteiger partial charge is 1.00 e. The summed E-state index contributed by atoms with van der Waals surface area (Å²) in [5.74, 6) is 0. The van der Waals surface area contributed by atoms with Crippen LogP contribution in [0.3, 0.4) is 0 Å². The molecule has 23 heavy (non-hydrogen) atoms. The van der Waals surface area contributed by atoms with E-state index in [9.17, 15) is 0 Å². The van der Waals surface area contributed by atoms with E-state index in [-0.39, 0.29) is 50.7 Å². The minimum absolute atomic E-state index is 0. The summed E-state index contributed by atoms with van der Waals surface area (Å²) in [4.78, 5) is 0. The van der Waals surface area contributed by atoms with Crippen molar-refractivity contribution in [2.45, 2.75) is 44.8 Å². The van der Waals surface area contributed by atoms with Gasteiger partial charge < -0.3 is 24.8 Å². The molecule has 0 fully saturated rings. The Balaban J connectivity index is 0.00000161. The summed E-state index contributed by atoms with van der Waals surface area (Å²) in [5.41, 5.74) is 5.14. The van der Waals surface area contributed by atoms with Crippen molar-refractivity contribution >= 4 is 14.1 Å². The Hall–Kier alpha value is 0.107. The molecule has 0 aromatic heterocycles. The van der Waals surface area contributed by atoms with Gasteiger partial charge in [0.1, 0.15) is 0 Å². The predicted molar refractivity (Wildman–Crippen MR) is 90.1 cm³/mol. The number of benzene rings is 1. The van der Waals surface area contributed by atoms with Crippen molar-refractivity contribution in [3.63, 3.8) is 0 Å². The van der Waals surface area contributed by atoms with E-state index < -0.39 is 8.07 Å². The Morgan fingerprint density at radius 1 is 1.17 bits per heavy atom. The van der Waals surface area contributed by atoms with Crippen molar-refractivity contribution in [1.29, 1.82) is 0 Å². The molecule has 0 saturated carbocycles. The first kappa shape index (κ1) is 23.1. The Kier molecular flexibility index (Phi) is 9.60. The van der Waals surface area contributed by atoms with Crippen LogP contribution in [0.25, 0.3) is 6.08 Å². The van der Waals surface area contributed by atoms with E-state index in [1.165, 1.54) is 24.0 Å². The van der Waals surface area contributed by atoms with E-state index in [2.05, 4.69) is 68.6 Å². The molecule has 2 aliphatic carbocycles. The van der Waals surface area contributed by atoms with E-state index in [4.69, 9.17) is 0 Å². The molecule has 124 valence electrons. The van der Waals surface area contributed by atoms with Gasteiger partial charge in [0.15, 0.2) is 0 Å². The summed E-state index contributed by atoms with van der Waals surface area (Å²) in [6.07, 6.45) is 14.3. The second kappa shape index (κ2) is 9.55. The smallest absolute Gasteiger partial charge is 0.0549 e. The quantitative estimate of drug-likeness (QED) is 0.364. The van der Waals surface area contributed by atoms with Crippen LogP contribution < -0.4 is 24.8 Å². The third-order valence-corrected chi connectivity index (χ3v) is 8.53. The molecule has 1 unspecified atom stereocenters. The molecule has 1 aromatic rings. The molecule has 1 atom stereocenters. The molecule has 0 bridgehead atoms. The van der Waals surface area contributed by atoms with Crippen LogP contribution in [-0.2, 0) is 25.8 Å². The third-order valence-electron chi connectivity index (χ3n) is 4.69. The van der Waals surface area contributed by atoms with Gasteiger partial charge in [0, 0.05) is 25.8 Å². The molecule has 0 amide bonds. The predicted octanol–water partition coefficient (Wildman–Crippen LogP) is -0.551.